The topological polar surface area (TPSA) is 30.2 Å². The van der Waals surface area contributed by atoms with E-state index in [0.717, 1.165) is 23.3 Å². The number of rotatable bonds is 0. The Morgan fingerprint density at radius 3 is 3.00 bits per heavy atom. The van der Waals surface area contributed by atoms with Crippen LogP contribution < -0.4 is 0 Å². The molecule has 1 heterocycles. The molecule has 12 heavy (non-hydrogen) atoms. The molecule has 1 aliphatic carbocycles. The average Bonchev–Trinajstić information content (AvgIpc) is 2.31. The number of aryl methyl sites for hydroxylation is 1. The van der Waals surface area contributed by atoms with E-state index in [2.05, 4.69) is 6.92 Å². The molecule has 0 saturated carbocycles. The summed E-state index contributed by atoms with van der Waals surface area (Å²) in [5.74, 6) is 1.57. The number of furan rings is 1. The molecule has 0 N–H and O–H groups in total. The van der Waals surface area contributed by atoms with Crippen LogP contribution >= 0.6 is 0 Å². The molecule has 1 aromatic heterocycles. The summed E-state index contributed by atoms with van der Waals surface area (Å²) >= 11 is 0. The first-order chi connectivity index (χ1) is 5.68. The van der Waals surface area contributed by atoms with Gasteiger partial charge in [0, 0.05) is 12.8 Å². The van der Waals surface area contributed by atoms with Gasteiger partial charge in [0.2, 0.25) is 0 Å². The minimum Gasteiger partial charge on any atom is -0.468 e. The van der Waals surface area contributed by atoms with Gasteiger partial charge in [-0.2, -0.15) is 0 Å². The third-order valence-corrected chi connectivity index (χ3v) is 2.40. The Morgan fingerprint density at radius 1 is 1.50 bits per heavy atom. The van der Waals surface area contributed by atoms with Crippen molar-refractivity contribution in [2.24, 2.45) is 5.92 Å². The molecule has 0 aromatic carbocycles. The lowest BCUT2D eigenvalue weighted by molar-refractivity contribution is 0.0948. The molecular weight excluding hydrogens is 152 g/mol. The number of carbonyl (C=O) groups is 1. The largest absolute Gasteiger partial charge is 0.468 e. The molecule has 0 spiro atoms. The van der Waals surface area contributed by atoms with E-state index in [0.29, 0.717) is 12.3 Å². The number of hydrogen-bond donors (Lipinski definition) is 0. The highest BCUT2D eigenvalue weighted by atomic mass is 16.3. The average molecular weight is 164 g/mol. The smallest absolute Gasteiger partial charge is 0.166 e. The standard InChI is InChI=1S/C10H12O2/c1-6-3-8(11)10-7(2)5-12-9(10)4-6/h5-6H,3-4H2,1-2H3. The first kappa shape index (κ1) is 7.59. The highest BCUT2D eigenvalue weighted by Gasteiger charge is 2.26. The molecule has 1 aromatic rings. The molecule has 2 rings (SSSR count). The summed E-state index contributed by atoms with van der Waals surface area (Å²) in [4.78, 5) is 11.5. The summed E-state index contributed by atoms with van der Waals surface area (Å²) in [6, 6.07) is 0. The Kier molecular flexibility index (Phi) is 1.56. The lowest BCUT2D eigenvalue weighted by atomic mass is 9.87. The molecule has 64 valence electrons. The zero-order valence-electron chi connectivity index (χ0n) is 7.39. The van der Waals surface area contributed by atoms with Gasteiger partial charge in [0.15, 0.2) is 5.78 Å². The highest BCUT2D eigenvalue weighted by Crippen LogP contribution is 2.28. The van der Waals surface area contributed by atoms with Gasteiger partial charge in [-0.1, -0.05) is 6.92 Å². The van der Waals surface area contributed by atoms with E-state index >= 15 is 0 Å². The summed E-state index contributed by atoms with van der Waals surface area (Å²) in [6.07, 6.45) is 3.27. The van der Waals surface area contributed by atoms with Crippen molar-refractivity contribution in [3.05, 3.63) is 23.2 Å². The molecule has 0 amide bonds. The fraction of sp³-hybridized carbons (Fsp3) is 0.500. The van der Waals surface area contributed by atoms with Crippen LogP contribution in [0.1, 0.15) is 35.0 Å². The molecule has 2 nitrogen and oxygen atoms in total. The quantitative estimate of drug-likeness (QED) is 0.589. The third-order valence-electron chi connectivity index (χ3n) is 2.40. The maximum Gasteiger partial charge on any atom is 0.166 e. The second-order valence-electron chi connectivity index (χ2n) is 3.65. The summed E-state index contributed by atoms with van der Waals surface area (Å²) < 4.78 is 5.31. The van der Waals surface area contributed by atoms with Gasteiger partial charge in [-0.3, -0.25) is 4.79 Å². The normalized spacial score (nSPS) is 22.5. The molecular formula is C10H12O2. The van der Waals surface area contributed by atoms with Gasteiger partial charge in [-0.25, -0.2) is 0 Å². The maximum atomic E-state index is 11.5. The zero-order chi connectivity index (χ0) is 8.72. The fourth-order valence-corrected chi connectivity index (χ4v) is 1.83. The fourth-order valence-electron chi connectivity index (χ4n) is 1.83. The van der Waals surface area contributed by atoms with E-state index in [1.165, 1.54) is 0 Å². The van der Waals surface area contributed by atoms with Crippen LogP contribution in [0.2, 0.25) is 0 Å². The van der Waals surface area contributed by atoms with Crippen LogP contribution in [0.4, 0.5) is 0 Å². The van der Waals surface area contributed by atoms with Gasteiger partial charge < -0.3 is 4.42 Å². The van der Waals surface area contributed by atoms with E-state index in [1.54, 1.807) is 6.26 Å². The zero-order valence-corrected chi connectivity index (χ0v) is 7.39. The molecule has 0 radical (unpaired) electrons. The summed E-state index contributed by atoms with van der Waals surface area (Å²) in [5, 5.41) is 0. The summed E-state index contributed by atoms with van der Waals surface area (Å²) in [6.45, 7) is 4.01. The first-order valence-corrected chi connectivity index (χ1v) is 4.28. The van der Waals surface area contributed by atoms with Crippen LogP contribution in [0.15, 0.2) is 10.7 Å². The van der Waals surface area contributed by atoms with Crippen LogP contribution in [0.25, 0.3) is 0 Å². The second kappa shape index (κ2) is 2.47. The van der Waals surface area contributed by atoms with Crippen LogP contribution in [-0.2, 0) is 6.42 Å². The Bertz CT molecular complexity index is 323. The number of carbonyl (C=O) groups excluding carboxylic acids is 1. The van der Waals surface area contributed by atoms with Gasteiger partial charge in [-0.15, -0.1) is 0 Å². The van der Waals surface area contributed by atoms with Crippen molar-refractivity contribution in [1.82, 2.24) is 0 Å². The van der Waals surface area contributed by atoms with Gasteiger partial charge >= 0.3 is 0 Å². The lowest BCUT2D eigenvalue weighted by Gasteiger charge is -2.15. The molecule has 0 aliphatic heterocycles. The highest BCUT2D eigenvalue weighted by molar-refractivity contribution is 5.99. The van der Waals surface area contributed by atoms with Gasteiger partial charge in [0.25, 0.3) is 0 Å². The van der Waals surface area contributed by atoms with Crippen molar-refractivity contribution in [2.45, 2.75) is 26.7 Å². The minimum atomic E-state index is 0.245. The van der Waals surface area contributed by atoms with Gasteiger partial charge in [0.1, 0.15) is 5.76 Å². The van der Waals surface area contributed by atoms with Gasteiger partial charge in [0.05, 0.1) is 11.8 Å². The molecule has 0 bridgehead atoms. The van der Waals surface area contributed by atoms with E-state index in [9.17, 15) is 4.79 Å². The number of ketones is 1. The Morgan fingerprint density at radius 2 is 2.25 bits per heavy atom. The van der Waals surface area contributed by atoms with Crippen LogP contribution in [0, 0.1) is 12.8 Å². The third kappa shape index (κ3) is 0.986. The molecule has 0 saturated heterocycles. The Hall–Kier alpha value is -1.05. The SMILES string of the molecule is Cc1coc2c1C(=O)CC(C)C2. The van der Waals surface area contributed by atoms with Crippen molar-refractivity contribution in [2.75, 3.05) is 0 Å². The number of Topliss-reactive ketones (excluding diaryl/α,β-unsaturated/α-hetero) is 1. The van der Waals surface area contributed by atoms with E-state index in [1.807, 2.05) is 6.92 Å². The predicted molar refractivity (Wildman–Crippen MR) is 45.3 cm³/mol. The van der Waals surface area contributed by atoms with Crippen LogP contribution in [-0.4, -0.2) is 5.78 Å². The van der Waals surface area contributed by atoms with E-state index < -0.39 is 0 Å². The lowest BCUT2D eigenvalue weighted by Crippen LogP contribution is -2.16. The Balaban J connectivity index is 2.50. The molecule has 1 atom stereocenters. The minimum absolute atomic E-state index is 0.245. The second-order valence-corrected chi connectivity index (χ2v) is 3.65. The van der Waals surface area contributed by atoms with Crippen molar-refractivity contribution >= 4 is 5.78 Å². The monoisotopic (exact) mass is 164 g/mol. The van der Waals surface area contributed by atoms with E-state index in [-0.39, 0.29) is 5.78 Å². The van der Waals surface area contributed by atoms with Crippen LogP contribution in [0.5, 0.6) is 0 Å². The van der Waals surface area contributed by atoms with Crippen molar-refractivity contribution in [3.63, 3.8) is 0 Å². The maximum absolute atomic E-state index is 11.5. The molecule has 1 unspecified atom stereocenters. The first-order valence-electron chi connectivity index (χ1n) is 4.28. The molecule has 1 aliphatic rings. The van der Waals surface area contributed by atoms with Crippen molar-refractivity contribution in [1.29, 1.82) is 0 Å². The molecule has 2 heteroatoms. The van der Waals surface area contributed by atoms with Crippen molar-refractivity contribution in [3.8, 4) is 0 Å². The van der Waals surface area contributed by atoms with E-state index in [4.69, 9.17) is 4.42 Å². The van der Waals surface area contributed by atoms with Gasteiger partial charge in [-0.05, 0) is 18.4 Å². The number of hydrogen-bond acceptors (Lipinski definition) is 2. The van der Waals surface area contributed by atoms with Crippen molar-refractivity contribution < 1.29 is 9.21 Å². The number of fused-ring (bicyclic) bond motifs is 1. The summed E-state index contributed by atoms with van der Waals surface area (Å²) in [7, 11) is 0. The Labute approximate surface area is 71.6 Å². The molecule has 0 fully saturated rings. The summed E-state index contributed by atoms with van der Waals surface area (Å²) in [5.41, 5.74) is 1.83. The van der Waals surface area contributed by atoms with Crippen LogP contribution in [0.3, 0.4) is 0 Å². The predicted octanol–water partition coefficient (Wildman–Crippen LogP) is 2.35.